The highest BCUT2D eigenvalue weighted by Crippen LogP contribution is 2.14. The Morgan fingerprint density at radius 1 is 1.53 bits per heavy atom. The van der Waals surface area contributed by atoms with Crippen LogP contribution in [0.15, 0.2) is 18.2 Å². The Morgan fingerprint density at radius 3 is 2.94 bits per heavy atom. The first-order chi connectivity index (χ1) is 8.08. The lowest BCUT2D eigenvalue weighted by molar-refractivity contribution is -0.0124. The fraction of sp³-hybridized carbons (Fsp3) is 0.462. The summed E-state index contributed by atoms with van der Waals surface area (Å²) in [6.07, 6.45) is 0.0641. The van der Waals surface area contributed by atoms with Gasteiger partial charge in [-0.3, -0.25) is 4.79 Å². The van der Waals surface area contributed by atoms with Crippen molar-refractivity contribution in [2.45, 2.75) is 20.0 Å². The maximum Gasteiger partial charge on any atom is 0.254 e. The summed E-state index contributed by atoms with van der Waals surface area (Å²) < 4.78 is 18.5. The molecule has 0 aromatic heterocycles. The number of ether oxygens (including phenoxy) is 1. The monoisotopic (exact) mass is 237 g/mol. The number of rotatable bonds is 1. The third-order valence-electron chi connectivity index (χ3n) is 2.93. The van der Waals surface area contributed by atoms with E-state index in [2.05, 4.69) is 0 Å². The minimum atomic E-state index is -0.281. The Bertz CT molecular complexity index is 433. The largest absolute Gasteiger partial charge is 0.375 e. The van der Waals surface area contributed by atoms with Crippen LogP contribution in [0.3, 0.4) is 0 Å². The molecular weight excluding hydrogens is 221 g/mol. The van der Waals surface area contributed by atoms with Crippen LogP contribution in [0.4, 0.5) is 4.39 Å². The number of aryl methyl sites for hydroxylation is 1. The summed E-state index contributed by atoms with van der Waals surface area (Å²) in [6, 6.07) is 4.47. The first-order valence-electron chi connectivity index (χ1n) is 5.75. The van der Waals surface area contributed by atoms with Crippen molar-refractivity contribution in [1.29, 1.82) is 0 Å². The molecule has 0 radical (unpaired) electrons. The second-order valence-corrected chi connectivity index (χ2v) is 4.40. The van der Waals surface area contributed by atoms with Gasteiger partial charge in [0.15, 0.2) is 0 Å². The molecule has 1 aromatic rings. The highest BCUT2D eigenvalue weighted by atomic mass is 19.1. The van der Waals surface area contributed by atoms with Gasteiger partial charge in [-0.05, 0) is 37.6 Å². The molecule has 17 heavy (non-hydrogen) atoms. The van der Waals surface area contributed by atoms with Crippen molar-refractivity contribution in [3.05, 3.63) is 35.1 Å². The highest BCUT2D eigenvalue weighted by molar-refractivity contribution is 5.94. The standard InChI is InChI=1S/C13H16FNO2/c1-9-7-11(3-4-12(9)14)13(16)15-5-6-17-10(2)8-15/h3-4,7,10H,5-6,8H2,1-2H3. The molecule has 0 spiro atoms. The van der Waals surface area contributed by atoms with Crippen LogP contribution in [-0.4, -0.2) is 36.6 Å². The van der Waals surface area contributed by atoms with Crippen LogP contribution in [0.5, 0.6) is 0 Å². The molecule has 1 amide bonds. The maximum atomic E-state index is 13.1. The quantitative estimate of drug-likeness (QED) is 0.747. The van der Waals surface area contributed by atoms with Crippen molar-refractivity contribution in [1.82, 2.24) is 4.90 Å². The molecule has 2 rings (SSSR count). The molecule has 3 nitrogen and oxygen atoms in total. The van der Waals surface area contributed by atoms with Crippen molar-refractivity contribution in [3.8, 4) is 0 Å². The van der Waals surface area contributed by atoms with Crippen molar-refractivity contribution < 1.29 is 13.9 Å². The molecule has 1 aliphatic rings. The number of carbonyl (C=O) groups excluding carboxylic acids is 1. The summed E-state index contributed by atoms with van der Waals surface area (Å²) >= 11 is 0. The van der Waals surface area contributed by atoms with Gasteiger partial charge in [0, 0.05) is 18.7 Å². The molecule has 1 aromatic carbocycles. The van der Waals surface area contributed by atoms with E-state index in [1.807, 2.05) is 6.92 Å². The van der Waals surface area contributed by atoms with Gasteiger partial charge >= 0.3 is 0 Å². The minimum absolute atomic E-state index is 0.0525. The third-order valence-corrected chi connectivity index (χ3v) is 2.93. The van der Waals surface area contributed by atoms with Crippen LogP contribution >= 0.6 is 0 Å². The van der Waals surface area contributed by atoms with Gasteiger partial charge in [-0.15, -0.1) is 0 Å². The lowest BCUT2D eigenvalue weighted by Gasteiger charge is -2.31. The summed E-state index contributed by atoms with van der Waals surface area (Å²) in [5, 5.41) is 0. The number of amides is 1. The van der Waals surface area contributed by atoms with Crippen molar-refractivity contribution >= 4 is 5.91 Å². The molecule has 1 aliphatic heterocycles. The summed E-state index contributed by atoms with van der Waals surface area (Å²) in [5.74, 6) is -0.333. The van der Waals surface area contributed by atoms with Crippen molar-refractivity contribution in [2.24, 2.45) is 0 Å². The van der Waals surface area contributed by atoms with Gasteiger partial charge in [0.25, 0.3) is 5.91 Å². The number of morpholine rings is 1. The molecule has 4 heteroatoms. The van der Waals surface area contributed by atoms with E-state index in [1.165, 1.54) is 12.1 Å². The number of benzene rings is 1. The second kappa shape index (κ2) is 4.84. The Morgan fingerprint density at radius 2 is 2.29 bits per heavy atom. The van der Waals surface area contributed by atoms with Crippen LogP contribution in [-0.2, 0) is 4.74 Å². The number of hydrogen-bond donors (Lipinski definition) is 0. The van der Waals surface area contributed by atoms with E-state index in [0.29, 0.717) is 30.8 Å². The van der Waals surface area contributed by atoms with Crippen molar-refractivity contribution in [3.63, 3.8) is 0 Å². The topological polar surface area (TPSA) is 29.5 Å². The van der Waals surface area contributed by atoms with E-state index in [9.17, 15) is 9.18 Å². The van der Waals surface area contributed by atoms with E-state index in [0.717, 1.165) is 0 Å². The summed E-state index contributed by atoms with van der Waals surface area (Å²) in [5.41, 5.74) is 1.04. The Labute approximate surface area is 100 Å². The van der Waals surface area contributed by atoms with Gasteiger partial charge in [0.2, 0.25) is 0 Å². The molecule has 1 fully saturated rings. The smallest absolute Gasteiger partial charge is 0.254 e. The molecule has 0 aliphatic carbocycles. The van der Waals surface area contributed by atoms with Crippen LogP contribution in [0.1, 0.15) is 22.8 Å². The van der Waals surface area contributed by atoms with Crippen LogP contribution in [0.25, 0.3) is 0 Å². The number of halogens is 1. The maximum absolute atomic E-state index is 13.1. The number of hydrogen-bond acceptors (Lipinski definition) is 2. The predicted molar refractivity (Wildman–Crippen MR) is 62.5 cm³/mol. The average molecular weight is 237 g/mol. The SMILES string of the molecule is Cc1cc(C(=O)N2CCOC(C)C2)ccc1F. The van der Waals surface area contributed by atoms with Gasteiger partial charge in [0.05, 0.1) is 12.7 Å². The summed E-state index contributed by atoms with van der Waals surface area (Å²) in [6.45, 7) is 5.35. The summed E-state index contributed by atoms with van der Waals surface area (Å²) in [4.78, 5) is 13.9. The predicted octanol–water partition coefficient (Wildman–Crippen LogP) is 2.00. The van der Waals surface area contributed by atoms with Gasteiger partial charge in [-0.25, -0.2) is 4.39 Å². The lowest BCUT2D eigenvalue weighted by atomic mass is 10.1. The van der Waals surface area contributed by atoms with Gasteiger partial charge in [-0.1, -0.05) is 0 Å². The molecule has 1 heterocycles. The van der Waals surface area contributed by atoms with E-state index < -0.39 is 0 Å². The zero-order valence-electron chi connectivity index (χ0n) is 10.1. The van der Waals surface area contributed by atoms with E-state index >= 15 is 0 Å². The first kappa shape index (κ1) is 12.0. The molecule has 1 saturated heterocycles. The van der Waals surface area contributed by atoms with Gasteiger partial charge < -0.3 is 9.64 Å². The third kappa shape index (κ3) is 2.64. The fourth-order valence-electron chi connectivity index (χ4n) is 1.96. The van der Waals surface area contributed by atoms with E-state index in [4.69, 9.17) is 4.74 Å². The van der Waals surface area contributed by atoms with Crippen LogP contribution < -0.4 is 0 Å². The minimum Gasteiger partial charge on any atom is -0.375 e. The highest BCUT2D eigenvalue weighted by Gasteiger charge is 2.22. The Hall–Kier alpha value is -1.42. The van der Waals surface area contributed by atoms with Crippen molar-refractivity contribution in [2.75, 3.05) is 19.7 Å². The van der Waals surface area contributed by atoms with E-state index in [1.54, 1.807) is 17.9 Å². The van der Waals surface area contributed by atoms with Gasteiger partial charge in [-0.2, -0.15) is 0 Å². The zero-order valence-corrected chi connectivity index (χ0v) is 10.1. The van der Waals surface area contributed by atoms with Crippen LogP contribution in [0, 0.1) is 12.7 Å². The summed E-state index contributed by atoms with van der Waals surface area (Å²) in [7, 11) is 0. The fourth-order valence-corrected chi connectivity index (χ4v) is 1.96. The average Bonchev–Trinajstić information content (AvgIpc) is 2.32. The Balaban J connectivity index is 2.15. The molecule has 0 bridgehead atoms. The molecule has 0 N–H and O–H groups in total. The number of nitrogens with zero attached hydrogens (tertiary/aromatic N) is 1. The normalized spacial score (nSPS) is 20.4. The second-order valence-electron chi connectivity index (χ2n) is 4.40. The zero-order chi connectivity index (χ0) is 12.4. The molecular formula is C13H16FNO2. The van der Waals surface area contributed by atoms with E-state index in [-0.39, 0.29) is 17.8 Å². The first-order valence-corrected chi connectivity index (χ1v) is 5.75. The van der Waals surface area contributed by atoms with Crippen LogP contribution in [0.2, 0.25) is 0 Å². The molecule has 1 atom stereocenters. The lowest BCUT2D eigenvalue weighted by Crippen LogP contribution is -2.44. The number of carbonyl (C=O) groups is 1. The Kier molecular flexibility index (Phi) is 3.43. The molecule has 92 valence electrons. The molecule has 1 unspecified atom stereocenters. The van der Waals surface area contributed by atoms with Gasteiger partial charge in [0.1, 0.15) is 5.82 Å². The molecule has 0 saturated carbocycles.